The molecule has 67 heavy (non-hydrogen) atoms. The van der Waals surface area contributed by atoms with Crippen molar-refractivity contribution >= 4 is 45.8 Å². The van der Waals surface area contributed by atoms with Gasteiger partial charge in [-0.25, -0.2) is 23.5 Å². The maximum absolute atomic E-state index is 13.8. The Balaban J connectivity index is 0.000000188. The number of likely N-dealkylation sites (tertiary alicyclic amines) is 2. The summed E-state index contributed by atoms with van der Waals surface area (Å²) in [5.41, 5.74) is 5.30. The number of carbonyl (C=O) groups excluding carboxylic acids is 3. The van der Waals surface area contributed by atoms with Crippen LogP contribution in [0.4, 0.5) is 8.78 Å². The summed E-state index contributed by atoms with van der Waals surface area (Å²) < 4.78 is 29.0. The second-order valence-electron chi connectivity index (χ2n) is 17.6. The van der Waals surface area contributed by atoms with E-state index >= 15 is 0 Å². The smallest absolute Gasteiger partial charge is 0.341 e. The first-order chi connectivity index (χ1) is 31.7. The fourth-order valence-corrected chi connectivity index (χ4v) is 7.63. The van der Waals surface area contributed by atoms with E-state index in [0.717, 1.165) is 10.6 Å². The minimum atomic E-state index is -1.31. The lowest BCUT2D eigenvalue weighted by Crippen LogP contribution is -2.56. The van der Waals surface area contributed by atoms with E-state index in [0.29, 0.717) is 65.9 Å². The van der Waals surface area contributed by atoms with Crippen LogP contribution in [0.5, 0.6) is 0 Å². The number of aromatic nitrogens is 4. The van der Waals surface area contributed by atoms with Gasteiger partial charge in [0, 0.05) is 62.4 Å². The number of pyridine rings is 4. The molecule has 344 valence electrons. The highest BCUT2D eigenvalue weighted by Gasteiger charge is 2.38. The van der Waals surface area contributed by atoms with Gasteiger partial charge in [-0.2, -0.15) is 10.5 Å². The lowest BCUT2D eigenvalue weighted by atomic mass is 9.84. The van der Waals surface area contributed by atoms with Gasteiger partial charge in [0.1, 0.15) is 59.3 Å². The number of amides is 3. The van der Waals surface area contributed by atoms with Gasteiger partial charge in [0.15, 0.2) is 0 Å². The van der Waals surface area contributed by atoms with Crippen LogP contribution in [0.2, 0.25) is 0 Å². The van der Waals surface area contributed by atoms with Crippen LogP contribution in [0.25, 0.3) is 22.1 Å². The highest BCUT2D eigenvalue weighted by atomic mass is 19.1. The van der Waals surface area contributed by atoms with Gasteiger partial charge in [-0.1, -0.05) is 39.8 Å². The minimum Gasteiger partial charge on any atom is -0.477 e. The molecule has 6 aromatic rings. The van der Waals surface area contributed by atoms with Crippen molar-refractivity contribution in [3.8, 4) is 12.1 Å². The molecule has 2 aromatic carbocycles. The molecule has 0 unspecified atom stereocenters. The van der Waals surface area contributed by atoms with Crippen LogP contribution in [-0.4, -0.2) is 83.9 Å². The molecule has 0 atom stereocenters. The molecule has 0 radical (unpaired) electrons. The summed E-state index contributed by atoms with van der Waals surface area (Å²) in [5.74, 6) is -3.57. The van der Waals surface area contributed by atoms with E-state index in [2.05, 4.69) is 43.0 Å². The zero-order valence-electron chi connectivity index (χ0n) is 37.0. The lowest BCUT2D eigenvalue weighted by molar-refractivity contribution is -0.142. The average Bonchev–Trinajstić information content (AvgIpc) is 3.28. The normalized spacial score (nSPS) is 14.2. The van der Waals surface area contributed by atoms with Crippen LogP contribution in [0, 0.1) is 45.1 Å². The Bertz CT molecular complexity index is 3140. The Morgan fingerprint density at radius 3 is 1.55 bits per heavy atom. The number of nitrogens with one attached hydrogen (secondary N) is 1. The summed E-state index contributed by atoms with van der Waals surface area (Å²) in [6.45, 7) is 10.5. The summed E-state index contributed by atoms with van der Waals surface area (Å²) in [6, 6.07) is 21.3. The number of hydrogen-bond acceptors (Lipinski definition) is 11. The number of hydrogen-bond donors (Lipinski definition) is 3. The van der Waals surface area contributed by atoms with Crippen molar-refractivity contribution in [3.05, 3.63) is 151 Å². The van der Waals surface area contributed by atoms with Crippen LogP contribution in [0.15, 0.2) is 94.8 Å². The molecule has 2 fully saturated rings. The maximum Gasteiger partial charge on any atom is 0.341 e. The topological polar surface area (TPSA) is 250 Å². The number of carboxylic acids is 1. The second kappa shape index (κ2) is 19.9. The van der Waals surface area contributed by atoms with E-state index in [-0.39, 0.29) is 64.5 Å². The molecule has 2 saturated heterocycles. The summed E-state index contributed by atoms with van der Waals surface area (Å²) in [6.07, 6.45) is 3.03. The molecule has 3 amide bonds. The van der Waals surface area contributed by atoms with Crippen molar-refractivity contribution < 1.29 is 33.1 Å². The summed E-state index contributed by atoms with van der Waals surface area (Å²) >= 11 is 0. The molecule has 4 aromatic heterocycles. The molecule has 4 N–H and O–H groups in total. The zero-order chi connectivity index (χ0) is 48.8. The molecule has 0 aliphatic carbocycles. The van der Waals surface area contributed by atoms with Gasteiger partial charge in [0.25, 0.3) is 17.0 Å². The van der Waals surface area contributed by atoms with Crippen molar-refractivity contribution in [3.63, 3.8) is 0 Å². The van der Waals surface area contributed by atoms with E-state index < -0.39 is 34.6 Å². The van der Waals surface area contributed by atoms with Gasteiger partial charge in [-0.3, -0.25) is 33.1 Å². The largest absolute Gasteiger partial charge is 0.477 e. The number of nitrogens with zero attached hydrogens (tertiary/aromatic N) is 8. The Labute approximate surface area is 382 Å². The Kier molecular flexibility index (Phi) is 14.4. The van der Waals surface area contributed by atoms with E-state index in [1.54, 1.807) is 52.3 Å². The van der Waals surface area contributed by atoms with E-state index in [4.69, 9.17) is 16.3 Å². The molecule has 6 heterocycles. The van der Waals surface area contributed by atoms with Crippen LogP contribution in [0.1, 0.15) is 70.7 Å². The highest BCUT2D eigenvalue weighted by molar-refractivity contribution is 5.97. The third-order valence-electron chi connectivity index (χ3n) is 10.9. The van der Waals surface area contributed by atoms with Crippen molar-refractivity contribution in [1.82, 2.24) is 34.2 Å². The Morgan fingerprint density at radius 1 is 0.701 bits per heavy atom. The fraction of sp³-hybridized carbons (Fsp3) is 0.292. The molecule has 2 aliphatic rings. The first-order valence-corrected chi connectivity index (χ1v) is 20.9. The summed E-state index contributed by atoms with van der Waals surface area (Å²) in [4.78, 5) is 86.4. The van der Waals surface area contributed by atoms with Gasteiger partial charge < -0.3 is 26.0 Å². The average molecular weight is 913 g/mol. The molecule has 8 rings (SSSR count). The van der Waals surface area contributed by atoms with Crippen LogP contribution in [-0.2, 0) is 35.8 Å². The summed E-state index contributed by atoms with van der Waals surface area (Å²) in [7, 11) is 0. The van der Waals surface area contributed by atoms with Crippen LogP contribution >= 0.6 is 0 Å². The second-order valence-corrected chi connectivity index (χ2v) is 17.6. The summed E-state index contributed by atoms with van der Waals surface area (Å²) in [5, 5.41) is 30.0. The van der Waals surface area contributed by atoms with Gasteiger partial charge in [-0.05, 0) is 82.6 Å². The van der Waals surface area contributed by atoms with E-state index in [1.165, 1.54) is 53.4 Å². The zero-order valence-corrected chi connectivity index (χ0v) is 37.0. The SMILES string of the molecule is CC1(C)CN(C(=O)Cn2c(=O)c(C(=O)NCc3ccc(C#N)c(F)c3)cc3cccnc32)C1.CC1(C)CN(C(=O)Cn2c(=O)c(C(=O)O)cc3cccnc32)C1.N#Cc1ccc(CN)cc1F. The number of carbonyl (C=O) groups is 4. The molecular formula is C48H46F2N10O7. The van der Waals surface area contributed by atoms with Crippen molar-refractivity contribution in [1.29, 1.82) is 10.5 Å². The molecule has 0 spiro atoms. The molecular weight excluding hydrogens is 867 g/mol. The predicted molar refractivity (Wildman–Crippen MR) is 241 cm³/mol. The number of rotatable bonds is 9. The molecule has 2 aliphatic heterocycles. The van der Waals surface area contributed by atoms with Crippen LogP contribution in [0.3, 0.4) is 0 Å². The first kappa shape index (κ1) is 48.3. The van der Waals surface area contributed by atoms with Gasteiger partial charge in [-0.15, -0.1) is 0 Å². The molecule has 0 saturated carbocycles. The van der Waals surface area contributed by atoms with Crippen LogP contribution < -0.4 is 22.2 Å². The lowest BCUT2D eigenvalue weighted by Gasteiger charge is -2.45. The predicted octanol–water partition coefficient (Wildman–Crippen LogP) is 4.32. The van der Waals surface area contributed by atoms with Crippen molar-refractivity contribution in [2.45, 2.75) is 53.9 Å². The standard InChI is InChI=1S/C24H22FN5O3.C16H17N3O4.C8H7FN2/c1-24(2)13-29(14-24)20(31)12-30-21-16(4-3-7-27-21)9-18(23(30)33)22(32)28-11-15-5-6-17(10-26)19(25)8-15;1-16(2)8-18(9-16)12(20)7-19-13-10(4-3-5-17-13)6-11(14(19)21)15(22)23;9-8-3-6(4-10)1-2-7(8)5-11/h3-9H,11-14H2,1-2H3,(H,28,32);3-6H,7-9H2,1-2H3,(H,22,23);1-3H,4,10H2. The Hall–Kier alpha value is -8.16. The molecule has 17 nitrogen and oxygen atoms in total. The quantitative estimate of drug-likeness (QED) is 0.183. The number of benzene rings is 2. The third-order valence-corrected chi connectivity index (χ3v) is 10.9. The third kappa shape index (κ3) is 11.2. The molecule has 19 heteroatoms. The van der Waals surface area contributed by atoms with Crippen molar-refractivity contribution in [2.24, 2.45) is 16.6 Å². The number of aromatic carboxylic acids is 1. The number of fused-ring (bicyclic) bond motifs is 2. The fourth-order valence-electron chi connectivity index (χ4n) is 7.63. The number of carboxylic acid groups (broad SMARTS) is 1. The minimum absolute atomic E-state index is 0.0340. The molecule has 0 bridgehead atoms. The van der Waals surface area contributed by atoms with Crippen molar-refractivity contribution in [2.75, 3.05) is 26.2 Å². The van der Waals surface area contributed by atoms with Gasteiger partial charge in [0.05, 0.1) is 11.1 Å². The maximum atomic E-state index is 13.8. The van der Waals surface area contributed by atoms with E-state index in [9.17, 15) is 42.7 Å². The van der Waals surface area contributed by atoms with E-state index in [1.807, 2.05) is 0 Å². The van der Waals surface area contributed by atoms with Gasteiger partial charge >= 0.3 is 5.97 Å². The number of nitriles is 2. The number of nitrogens with two attached hydrogens (primary N) is 1. The highest BCUT2D eigenvalue weighted by Crippen LogP contribution is 2.30. The number of halogens is 2. The monoisotopic (exact) mass is 912 g/mol. The Morgan fingerprint density at radius 2 is 1.13 bits per heavy atom. The first-order valence-electron chi connectivity index (χ1n) is 20.9. The van der Waals surface area contributed by atoms with Gasteiger partial charge in [0.2, 0.25) is 11.8 Å².